The Hall–Kier alpha value is -2.42. The number of aromatic nitrogens is 5. The molecule has 3 aromatic rings. The third-order valence-corrected chi connectivity index (χ3v) is 3.74. The highest BCUT2D eigenvalue weighted by Gasteiger charge is 2.13. The highest BCUT2D eigenvalue weighted by molar-refractivity contribution is 7.99. The van der Waals surface area contributed by atoms with Gasteiger partial charge in [0.05, 0.1) is 5.75 Å². The summed E-state index contributed by atoms with van der Waals surface area (Å²) in [6.45, 7) is 3.87. The maximum Gasteiger partial charge on any atom is 0.322 e. The second-order valence-electron chi connectivity index (χ2n) is 4.85. The number of hydrogen-bond donors (Lipinski definition) is 1. The van der Waals surface area contributed by atoms with Crippen LogP contribution in [0.4, 0.5) is 6.01 Å². The second-order valence-corrected chi connectivity index (χ2v) is 5.79. The summed E-state index contributed by atoms with van der Waals surface area (Å²) < 4.78 is 7.15. The number of anilines is 1. The smallest absolute Gasteiger partial charge is 0.322 e. The van der Waals surface area contributed by atoms with Gasteiger partial charge in [0.2, 0.25) is 11.8 Å². The third kappa shape index (κ3) is 3.08. The van der Waals surface area contributed by atoms with Crippen LogP contribution in [0.3, 0.4) is 0 Å². The lowest BCUT2D eigenvalue weighted by molar-refractivity contribution is -0.113. The van der Waals surface area contributed by atoms with Crippen molar-refractivity contribution in [3.63, 3.8) is 0 Å². The summed E-state index contributed by atoms with van der Waals surface area (Å²) in [5, 5.41) is 18.9. The number of nitrogens with zero attached hydrogens (tertiary/aromatic N) is 5. The van der Waals surface area contributed by atoms with Gasteiger partial charge in [-0.15, -0.1) is 15.3 Å². The Labute approximate surface area is 130 Å². The first-order valence-corrected chi connectivity index (χ1v) is 7.68. The van der Waals surface area contributed by atoms with E-state index in [1.807, 2.05) is 42.6 Å². The van der Waals surface area contributed by atoms with E-state index in [2.05, 4.69) is 25.7 Å². The largest absolute Gasteiger partial charge is 0.408 e. The topological polar surface area (TPSA) is 98.2 Å². The van der Waals surface area contributed by atoms with Gasteiger partial charge in [-0.3, -0.25) is 14.5 Å². The van der Waals surface area contributed by atoms with E-state index in [0.29, 0.717) is 11.0 Å². The van der Waals surface area contributed by atoms with Gasteiger partial charge in [-0.2, -0.15) is 0 Å². The molecule has 8 nitrogen and oxygen atoms in total. The summed E-state index contributed by atoms with van der Waals surface area (Å²) >= 11 is 1.28. The highest BCUT2D eigenvalue weighted by atomic mass is 32.2. The fraction of sp³-hybridized carbons (Fsp3) is 0.308. The average molecular weight is 318 g/mol. The van der Waals surface area contributed by atoms with Crippen molar-refractivity contribution >= 4 is 29.3 Å². The van der Waals surface area contributed by atoms with E-state index in [9.17, 15) is 4.79 Å². The number of hydrogen-bond acceptors (Lipinski definition) is 7. The predicted molar refractivity (Wildman–Crippen MR) is 80.7 cm³/mol. The third-order valence-electron chi connectivity index (χ3n) is 2.80. The summed E-state index contributed by atoms with van der Waals surface area (Å²) in [5.41, 5.74) is 0.740. The van der Waals surface area contributed by atoms with Crippen LogP contribution in [0.1, 0.15) is 25.7 Å². The van der Waals surface area contributed by atoms with Crippen molar-refractivity contribution in [1.82, 2.24) is 24.8 Å². The molecular weight excluding hydrogens is 304 g/mol. The van der Waals surface area contributed by atoms with Crippen LogP contribution in [-0.2, 0) is 4.79 Å². The quantitative estimate of drug-likeness (QED) is 0.718. The molecule has 3 heterocycles. The molecule has 0 atom stereocenters. The standard InChI is InChI=1S/C13H14N6O2S/c1-8(2)11-16-17-12(21-11)14-10(20)7-22-13-18-15-9-5-3-4-6-19(9)13/h3-6,8H,7H2,1-2H3,(H,14,17,20). The number of fused-ring (bicyclic) bond motifs is 1. The molecule has 0 aromatic carbocycles. The average Bonchev–Trinajstić information content (AvgIpc) is 3.12. The Bertz CT molecular complexity index is 797. The molecule has 0 fully saturated rings. The van der Waals surface area contributed by atoms with E-state index in [1.54, 1.807) is 0 Å². The molecule has 0 aliphatic rings. The molecule has 9 heteroatoms. The molecule has 0 saturated carbocycles. The Morgan fingerprint density at radius 3 is 2.95 bits per heavy atom. The predicted octanol–water partition coefficient (Wildman–Crippen LogP) is 1.97. The van der Waals surface area contributed by atoms with Gasteiger partial charge in [0.1, 0.15) is 0 Å². The van der Waals surface area contributed by atoms with Crippen molar-refractivity contribution in [2.24, 2.45) is 0 Å². The Morgan fingerprint density at radius 2 is 2.18 bits per heavy atom. The van der Waals surface area contributed by atoms with E-state index in [0.717, 1.165) is 5.65 Å². The summed E-state index contributed by atoms with van der Waals surface area (Å²) in [7, 11) is 0. The fourth-order valence-electron chi connectivity index (χ4n) is 1.72. The van der Waals surface area contributed by atoms with Crippen molar-refractivity contribution in [2.75, 3.05) is 11.1 Å². The number of rotatable bonds is 5. The van der Waals surface area contributed by atoms with Gasteiger partial charge in [-0.1, -0.05) is 36.8 Å². The van der Waals surface area contributed by atoms with Gasteiger partial charge in [0.25, 0.3) is 0 Å². The molecule has 0 unspecified atom stereocenters. The summed E-state index contributed by atoms with van der Waals surface area (Å²) in [5.74, 6) is 0.549. The van der Waals surface area contributed by atoms with Crippen molar-refractivity contribution in [3.05, 3.63) is 30.3 Å². The van der Waals surface area contributed by atoms with Gasteiger partial charge >= 0.3 is 6.01 Å². The SMILES string of the molecule is CC(C)c1nnc(NC(=O)CSc2nnc3ccccn23)o1. The van der Waals surface area contributed by atoms with Crippen molar-refractivity contribution in [2.45, 2.75) is 24.9 Å². The van der Waals surface area contributed by atoms with Crippen molar-refractivity contribution in [1.29, 1.82) is 0 Å². The summed E-state index contributed by atoms with van der Waals surface area (Å²) in [6.07, 6.45) is 1.85. The number of carbonyl (C=O) groups excluding carboxylic acids is 1. The van der Waals surface area contributed by atoms with Crippen LogP contribution in [0.15, 0.2) is 34.0 Å². The van der Waals surface area contributed by atoms with E-state index in [-0.39, 0.29) is 23.6 Å². The lowest BCUT2D eigenvalue weighted by Gasteiger charge is -2.00. The number of pyridine rings is 1. The number of nitrogens with one attached hydrogen (secondary N) is 1. The van der Waals surface area contributed by atoms with E-state index < -0.39 is 0 Å². The zero-order valence-electron chi connectivity index (χ0n) is 12.1. The van der Waals surface area contributed by atoms with Gasteiger partial charge < -0.3 is 4.42 Å². The molecule has 0 aliphatic heterocycles. The first-order chi connectivity index (χ1) is 10.6. The molecule has 0 bridgehead atoms. The molecule has 22 heavy (non-hydrogen) atoms. The molecule has 1 amide bonds. The molecule has 0 saturated heterocycles. The number of amides is 1. The molecule has 0 aliphatic carbocycles. The van der Waals surface area contributed by atoms with Crippen LogP contribution in [-0.4, -0.2) is 36.5 Å². The Kier molecular flexibility index (Phi) is 4.05. The number of carbonyl (C=O) groups is 1. The molecule has 114 valence electrons. The molecule has 3 aromatic heterocycles. The molecule has 1 N–H and O–H groups in total. The van der Waals surface area contributed by atoms with E-state index in [1.165, 1.54) is 11.8 Å². The van der Waals surface area contributed by atoms with Crippen LogP contribution in [0.5, 0.6) is 0 Å². The lowest BCUT2D eigenvalue weighted by atomic mass is 10.2. The molecule has 0 radical (unpaired) electrons. The summed E-state index contributed by atoms with van der Waals surface area (Å²) in [6, 6.07) is 5.73. The minimum Gasteiger partial charge on any atom is -0.408 e. The first-order valence-electron chi connectivity index (χ1n) is 6.69. The monoisotopic (exact) mass is 318 g/mol. The molecule has 0 spiro atoms. The summed E-state index contributed by atoms with van der Waals surface area (Å²) in [4.78, 5) is 11.9. The zero-order valence-corrected chi connectivity index (χ0v) is 12.9. The maximum atomic E-state index is 11.9. The fourth-order valence-corrected chi connectivity index (χ4v) is 2.45. The van der Waals surface area contributed by atoms with Gasteiger partial charge in [0.15, 0.2) is 10.8 Å². The van der Waals surface area contributed by atoms with Crippen LogP contribution in [0.2, 0.25) is 0 Å². The van der Waals surface area contributed by atoms with Crippen LogP contribution >= 0.6 is 11.8 Å². The number of thioether (sulfide) groups is 1. The lowest BCUT2D eigenvalue weighted by Crippen LogP contribution is -2.14. The minimum absolute atomic E-state index is 0.111. The van der Waals surface area contributed by atoms with Gasteiger partial charge in [0, 0.05) is 12.1 Å². The van der Waals surface area contributed by atoms with E-state index in [4.69, 9.17) is 4.42 Å². The first kappa shape index (κ1) is 14.5. The Morgan fingerprint density at radius 1 is 1.32 bits per heavy atom. The van der Waals surface area contributed by atoms with Gasteiger partial charge in [-0.25, -0.2) is 0 Å². The van der Waals surface area contributed by atoms with Crippen LogP contribution in [0.25, 0.3) is 5.65 Å². The van der Waals surface area contributed by atoms with Crippen LogP contribution in [0, 0.1) is 0 Å². The highest BCUT2D eigenvalue weighted by Crippen LogP contribution is 2.18. The second kappa shape index (κ2) is 6.14. The van der Waals surface area contributed by atoms with E-state index >= 15 is 0 Å². The minimum atomic E-state index is -0.239. The Balaban J connectivity index is 1.60. The maximum absolute atomic E-state index is 11.9. The molecule has 3 rings (SSSR count). The van der Waals surface area contributed by atoms with Crippen molar-refractivity contribution in [3.8, 4) is 0 Å². The van der Waals surface area contributed by atoms with Crippen molar-refractivity contribution < 1.29 is 9.21 Å². The zero-order chi connectivity index (χ0) is 15.5. The molecular formula is C13H14N6O2S. The van der Waals surface area contributed by atoms with Gasteiger partial charge in [-0.05, 0) is 12.1 Å². The normalized spacial score (nSPS) is 11.2. The van der Waals surface area contributed by atoms with Crippen LogP contribution < -0.4 is 5.32 Å².